The Morgan fingerprint density at radius 2 is 1.90 bits per heavy atom. The molecule has 0 saturated carbocycles. The molecule has 0 aliphatic heterocycles. The number of aromatic nitrogens is 1. The lowest BCUT2D eigenvalue weighted by Crippen LogP contribution is -2.27. The lowest BCUT2D eigenvalue weighted by Gasteiger charge is -2.22. The fraction of sp³-hybridized carbons (Fsp3) is 0.353. The summed E-state index contributed by atoms with van der Waals surface area (Å²) in [6, 6.07) is 10.5. The van der Waals surface area contributed by atoms with E-state index in [2.05, 4.69) is 16.8 Å². The normalized spacial score (nSPS) is 12.6. The molecule has 1 aromatic heterocycles. The first-order chi connectivity index (χ1) is 10.2. The van der Waals surface area contributed by atoms with Crippen molar-refractivity contribution < 1.29 is 4.39 Å². The summed E-state index contributed by atoms with van der Waals surface area (Å²) in [4.78, 5) is 6.32. The Hall–Kier alpha value is -1.78. The third kappa shape index (κ3) is 4.62. The van der Waals surface area contributed by atoms with E-state index in [1.165, 1.54) is 11.6 Å². The predicted octanol–water partition coefficient (Wildman–Crippen LogP) is 3.13. The molecule has 0 aliphatic carbocycles. The number of nitrogens with zero attached hydrogens (tertiary/aromatic N) is 2. The van der Waals surface area contributed by atoms with Gasteiger partial charge in [-0.2, -0.15) is 0 Å². The molecule has 2 rings (SSSR count). The zero-order valence-corrected chi connectivity index (χ0v) is 12.4. The highest BCUT2D eigenvalue weighted by molar-refractivity contribution is 5.20. The highest BCUT2D eigenvalue weighted by atomic mass is 19.1. The smallest absolute Gasteiger partial charge is 0.127 e. The SMILES string of the molecule is CCN(CCC(N)c1ccccc1F)Cc1ccncc1. The predicted molar refractivity (Wildman–Crippen MR) is 83.1 cm³/mol. The van der Waals surface area contributed by atoms with Crippen LogP contribution in [0.15, 0.2) is 48.8 Å². The van der Waals surface area contributed by atoms with Gasteiger partial charge in [0.05, 0.1) is 0 Å². The van der Waals surface area contributed by atoms with Crippen LogP contribution in [0.3, 0.4) is 0 Å². The number of pyridine rings is 1. The zero-order chi connectivity index (χ0) is 15.1. The standard InChI is InChI=1S/C17H22FN3/c1-2-21(13-14-7-10-20-11-8-14)12-9-17(19)15-5-3-4-6-16(15)18/h3-8,10-11,17H,2,9,12-13,19H2,1H3. The molecule has 2 aromatic rings. The molecule has 0 aliphatic rings. The fourth-order valence-corrected chi connectivity index (χ4v) is 2.35. The minimum absolute atomic E-state index is 0.220. The largest absolute Gasteiger partial charge is 0.324 e. The number of rotatable bonds is 7. The van der Waals surface area contributed by atoms with Gasteiger partial charge < -0.3 is 5.73 Å². The van der Waals surface area contributed by atoms with Crippen LogP contribution in [0, 0.1) is 5.82 Å². The van der Waals surface area contributed by atoms with E-state index in [0.717, 1.165) is 26.1 Å². The summed E-state index contributed by atoms with van der Waals surface area (Å²) in [6.07, 6.45) is 4.34. The number of hydrogen-bond acceptors (Lipinski definition) is 3. The van der Waals surface area contributed by atoms with E-state index in [4.69, 9.17) is 5.73 Å². The van der Waals surface area contributed by atoms with Crippen molar-refractivity contribution in [3.63, 3.8) is 0 Å². The molecule has 21 heavy (non-hydrogen) atoms. The van der Waals surface area contributed by atoms with Crippen LogP contribution in [-0.2, 0) is 6.54 Å². The Morgan fingerprint density at radius 1 is 1.19 bits per heavy atom. The monoisotopic (exact) mass is 287 g/mol. The lowest BCUT2D eigenvalue weighted by molar-refractivity contribution is 0.267. The van der Waals surface area contributed by atoms with Gasteiger partial charge in [-0.05, 0) is 36.7 Å². The second kappa shape index (κ2) is 7.86. The molecular weight excluding hydrogens is 265 g/mol. The van der Waals surface area contributed by atoms with Gasteiger partial charge in [-0.25, -0.2) is 4.39 Å². The van der Waals surface area contributed by atoms with Gasteiger partial charge in [-0.3, -0.25) is 9.88 Å². The minimum atomic E-state index is -0.266. The van der Waals surface area contributed by atoms with E-state index in [0.29, 0.717) is 5.56 Å². The van der Waals surface area contributed by atoms with Crippen LogP contribution in [0.25, 0.3) is 0 Å². The third-order valence-corrected chi connectivity index (χ3v) is 3.66. The van der Waals surface area contributed by atoms with Gasteiger partial charge in [-0.15, -0.1) is 0 Å². The van der Waals surface area contributed by atoms with Crippen LogP contribution in [0.2, 0.25) is 0 Å². The third-order valence-electron chi connectivity index (χ3n) is 3.66. The van der Waals surface area contributed by atoms with E-state index in [1.54, 1.807) is 24.5 Å². The molecule has 3 nitrogen and oxygen atoms in total. The summed E-state index contributed by atoms with van der Waals surface area (Å²) in [7, 11) is 0. The molecule has 1 atom stereocenters. The van der Waals surface area contributed by atoms with Crippen LogP contribution < -0.4 is 5.73 Å². The zero-order valence-electron chi connectivity index (χ0n) is 12.4. The molecule has 4 heteroatoms. The molecule has 0 radical (unpaired) electrons. The van der Waals surface area contributed by atoms with Crippen LogP contribution in [-0.4, -0.2) is 23.0 Å². The highest BCUT2D eigenvalue weighted by Crippen LogP contribution is 2.18. The summed E-state index contributed by atoms with van der Waals surface area (Å²) in [6.45, 7) is 4.76. The van der Waals surface area contributed by atoms with Gasteiger partial charge in [0, 0.05) is 37.1 Å². The molecule has 0 spiro atoms. The van der Waals surface area contributed by atoms with E-state index in [9.17, 15) is 4.39 Å². The molecule has 1 unspecified atom stereocenters. The maximum atomic E-state index is 13.7. The Labute approximate surface area is 125 Å². The van der Waals surface area contributed by atoms with Crippen molar-refractivity contribution in [2.24, 2.45) is 5.73 Å². The molecule has 0 amide bonds. The summed E-state index contributed by atoms with van der Waals surface area (Å²) in [5.74, 6) is -0.220. The second-order valence-electron chi connectivity index (χ2n) is 5.14. The van der Waals surface area contributed by atoms with E-state index in [-0.39, 0.29) is 11.9 Å². The van der Waals surface area contributed by atoms with Gasteiger partial charge >= 0.3 is 0 Å². The van der Waals surface area contributed by atoms with Crippen molar-refractivity contribution in [3.05, 3.63) is 65.7 Å². The van der Waals surface area contributed by atoms with Crippen molar-refractivity contribution >= 4 is 0 Å². The molecule has 2 N–H and O–H groups in total. The Balaban J connectivity index is 1.90. The van der Waals surface area contributed by atoms with Crippen LogP contribution in [0.4, 0.5) is 4.39 Å². The molecular formula is C17H22FN3. The summed E-state index contributed by atoms with van der Waals surface area (Å²) in [5.41, 5.74) is 7.94. The first kappa shape index (κ1) is 15.6. The van der Waals surface area contributed by atoms with Crippen molar-refractivity contribution in [3.8, 4) is 0 Å². The van der Waals surface area contributed by atoms with Gasteiger partial charge in [0.15, 0.2) is 0 Å². The number of hydrogen-bond donors (Lipinski definition) is 1. The van der Waals surface area contributed by atoms with Crippen molar-refractivity contribution in [2.75, 3.05) is 13.1 Å². The number of benzene rings is 1. The number of halogens is 1. The quantitative estimate of drug-likeness (QED) is 0.850. The first-order valence-corrected chi connectivity index (χ1v) is 7.32. The lowest BCUT2D eigenvalue weighted by atomic mass is 10.0. The van der Waals surface area contributed by atoms with Gasteiger partial charge in [0.1, 0.15) is 5.82 Å². The van der Waals surface area contributed by atoms with Crippen molar-refractivity contribution in [1.29, 1.82) is 0 Å². The molecule has 0 fully saturated rings. The van der Waals surface area contributed by atoms with Gasteiger partial charge in [0.25, 0.3) is 0 Å². The average molecular weight is 287 g/mol. The highest BCUT2D eigenvalue weighted by Gasteiger charge is 2.12. The molecule has 0 saturated heterocycles. The van der Waals surface area contributed by atoms with Crippen LogP contribution in [0.5, 0.6) is 0 Å². The molecule has 1 heterocycles. The Kier molecular flexibility index (Phi) is 5.84. The Bertz CT molecular complexity index is 545. The maximum Gasteiger partial charge on any atom is 0.127 e. The summed E-state index contributed by atoms with van der Waals surface area (Å²) in [5, 5.41) is 0. The maximum absolute atomic E-state index is 13.7. The summed E-state index contributed by atoms with van der Waals surface area (Å²) >= 11 is 0. The first-order valence-electron chi connectivity index (χ1n) is 7.32. The molecule has 0 bridgehead atoms. The van der Waals surface area contributed by atoms with Crippen molar-refractivity contribution in [2.45, 2.75) is 25.9 Å². The minimum Gasteiger partial charge on any atom is -0.324 e. The van der Waals surface area contributed by atoms with Gasteiger partial charge in [-0.1, -0.05) is 25.1 Å². The van der Waals surface area contributed by atoms with Crippen LogP contribution >= 0.6 is 0 Å². The molecule has 1 aromatic carbocycles. The molecule has 112 valence electrons. The van der Waals surface area contributed by atoms with E-state index >= 15 is 0 Å². The Morgan fingerprint density at radius 3 is 2.57 bits per heavy atom. The van der Waals surface area contributed by atoms with Gasteiger partial charge in [0.2, 0.25) is 0 Å². The number of nitrogens with two attached hydrogens (primary N) is 1. The van der Waals surface area contributed by atoms with Crippen molar-refractivity contribution in [1.82, 2.24) is 9.88 Å². The van der Waals surface area contributed by atoms with E-state index < -0.39 is 0 Å². The van der Waals surface area contributed by atoms with Crippen LogP contribution in [0.1, 0.15) is 30.5 Å². The van der Waals surface area contributed by atoms with E-state index in [1.807, 2.05) is 18.2 Å². The second-order valence-corrected chi connectivity index (χ2v) is 5.14. The summed E-state index contributed by atoms with van der Waals surface area (Å²) < 4.78 is 13.7. The fourth-order valence-electron chi connectivity index (χ4n) is 2.35. The topological polar surface area (TPSA) is 42.1 Å². The average Bonchev–Trinajstić information content (AvgIpc) is 2.52.